The smallest absolute Gasteiger partial charge is 0.353 e. The van der Waals surface area contributed by atoms with Crippen LogP contribution in [0.5, 0.6) is 5.75 Å². The normalized spacial score (nSPS) is 10.3. The highest BCUT2D eigenvalue weighted by molar-refractivity contribution is 7.14. The molecule has 7 heteroatoms. The van der Waals surface area contributed by atoms with Crippen LogP contribution in [0.25, 0.3) is 0 Å². The Morgan fingerprint density at radius 3 is 2.52 bits per heavy atom. The quantitative estimate of drug-likeness (QED) is 0.326. The molecule has 1 heterocycles. The van der Waals surface area contributed by atoms with Gasteiger partial charge >= 0.3 is 11.9 Å². The molecule has 1 aromatic carbocycles. The standard InChI is InChI=1S/C16H16N2O4S/c1-9-8-13(23-12(9)6-7-14(19)20)16(21)22-11-4-2-10(3-5-11)15(17)18/h2-5,8H,6-7H2,1H3,(H3,17,18)(H,19,20). The second kappa shape index (κ2) is 7.06. The van der Waals surface area contributed by atoms with Crippen LogP contribution >= 0.6 is 11.3 Å². The number of rotatable bonds is 6. The number of thiophene rings is 1. The molecule has 0 aliphatic carbocycles. The first-order chi connectivity index (χ1) is 10.9. The molecular weight excluding hydrogens is 316 g/mol. The number of ether oxygens (including phenoxy) is 1. The van der Waals surface area contributed by atoms with Gasteiger partial charge in [0.1, 0.15) is 16.5 Å². The van der Waals surface area contributed by atoms with Gasteiger partial charge in [-0.3, -0.25) is 10.2 Å². The number of nitrogens with one attached hydrogen (secondary N) is 1. The minimum absolute atomic E-state index is 0.0301. The molecule has 0 fully saturated rings. The molecule has 4 N–H and O–H groups in total. The molecule has 120 valence electrons. The van der Waals surface area contributed by atoms with Crippen molar-refractivity contribution in [2.45, 2.75) is 19.8 Å². The summed E-state index contributed by atoms with van der Waals surface area (Å²) in [5.74, 6) is -1.05. The summed E-state index contributed by atoms with van der Waals surface area (Å²) in [7, 11) is 0. The fourth-order valence-corrected chi connectivity index (χ4v) is 3.00. The van der Waals surface area contributed by atoms with Gasteiger partial charge in [0.25, 0.3) is 0 Å². The zero-order valence-electron chi connectivity index (χ0n) is 12.5. The van der Waals surface area contributed by atoms with Crippen LogP contribution in [0, 0.1) is 12.3 Å². The van der Waals surface area contributed by atoms with E-state index in [1.54, 1.807) is 30.3 Å². The van der Waals surface area contributed by atoms with Gasteiger partial charge in [-0.15, -0.1) is 11.3 Å². The average molecular weight is 332 g/mol. The molecule has 0 amide bonds. The van der Waals surface area contributed by atoms with Gasteiger partial charge in [0.05, 0.1) is 6.42 Å². The molecule has 0 aliphatic rings. The third-order valence-electron chi connectivity index (χ3n) is 3.16. The predicted molar refractivity (Wildman–Crippen MR) is 87.4 cm³/mol. The highest BCUT2D eigenvalue weighted by atomic mass is 32.1. The predicted octanol–water partition coefficient (Wildman–Crippen LogP) is 2.58. The highest BCUT2D eigenvalue weighted by Crippen LogP contribution is 2.25. The van der Waals surface area contributed by atoms with Gasteiger partial charge in [-0.1, -0.05) is 0 Å². The monoisotopic (exact) mass is 332 g/mol. The average Bonchev–Trinajstić information content (AvgIpc) is 2.87. The van der Waals surface area contributed by atoms with Crippen molar-refractivity contribution in [2.75, 3.05) is 0 Å². The van der Waals surface area contributed by atoms with Crippen molar-refractivity contribution in [1.29, 1.82) is 5.41 Å². The van der Waals surface area contributed by atoms with Crippen LogP contribution in [0.3, 0.4) is 0 Å². The maximum atomic E-state index is 12.1. The van der Waals surface area contributed by atoms with Crippen LogP contribution in [0.1, 0.15) is 32.1 Å². The maximum absolute atomic E-state index is 12.1. The number of aliphatic carboxylic acids is 1. The van der Waals surface area contributed by atoms with Crippen molar-refractivity contribution in [3.8, 4) is 5.75 Å². The fraction of sp³-hybridized carbons (Fsp3) is 0.188. The Morgan fingerprint density at radius 1 is 1.30 bits per heavy atom. The first kappa shape index (κ1) is 16.7. The van der Waals surface area contributed by atoms with Crippen LogP contribution in [0.4, 0.5) is 0 Å². The number of carbonyl (C=O) groups is 2. The van der Waals surface area contributed by atoms with Gasteiger partial charge in [-0.05, 0) is 49.2 Å². The Labute approximate surface area is 137 Å². The number of carboxylic acids is 1. The molecule has 0 unspecified atom stereocenters. The van der Waals surface area contributed by atoms with Crippen molar-refractivity contribution in [2.24, 2.45) is 5.73 Å². The summed E-state index contributed by atoms with van der Waals surface area (Å²) >= 11 is 1.24. The lowest BCUT2D eigenvalue weighted by Crippen LogP contribution is -2.11. The van der Waals surface area contributed by atoms with E-state index in [1.165, 1.54) is 11.3 Å². The Kier molecular flexibility index (Phi) is 5.13. The number of nitrogens with two attached hydrogens (primary N) is 1. The van der Waals surface area contributed by atoms with Crippen LogP contribution in [0.2, 0.25) is 0 Å². The molecular formula is C16H16N2O4S. The number of benzene rings is 1. The summed E-state index contributed by atoms with van der Waals surface area (Å²) in [6.45, 7) is 1.84. The number of aryl methyl sites for hydroxylation is 2. The lowest BCUT2D eigenvalue weighted by Gasteiger charge is -2.03. The molecule has 23 heavy (non-hydrogen) atoms. The van der Waals surface area contributed by atoms with E-state index in [0.717, 1.165) is 10.4 Å². The second-order valence-corrected chi connectivity index (χ2v) is 6.07. The maximum Gasteiger partial charge on any atom is 0.353 e. The molecule has 6 nitrogen and oxygen atoms in total. The third kappa shape index (κ3) is 4.40. The Balaban J connectivity index is 2.07. The number of hydrogen-bond donors (Lipinski definition) is 3. The van der Waals surface area contributed by atoms with Gasteiger partial charge in [0.15, 0.2) is 0 Å². The van der Waals surface area contributed by atoms with Crippen LogP contribution in [-0.4, -0.2) is 22.9 Å². The SMILES string of the molecule is Cc1cc(C(=O)Oc2ccc(C(=N)N)cc2)sc1CCC(=O)O. The first-order valence-corrected chi connectivity index (χ1v) is 7.66. The Morgan fingerprint density at radius 2 is 1.96 bits per heavy atom. The molecule has 1 aromatic heterocycles. The highest BCUT2D eigenvalue weighted by Gasteiger charge is 2.15. The number of carbonyl (C=O) groups excluding carboxylic acids is 1. The van der Waals surface area contributed by atoms with E-state index in [1.807, 2.05) is 6.92 Å². The Hall–Kier alpha value is -2.67. The van der Waals surface area contributed by atoms with E-state index >= 15 is 0 Å². The number of nitrogen functional groups attached to an aromatic ring is 1. The van der Waals surface area contributed by atoms with Crippen molar-refractivity contribution >= 4 is 29.1 Å². The zero-order chi connectivity index (χ0) is 17.0. The van der Waals surface area contributed by atoms with Gasteiger partial charge < -0.3 is 15.6 Å². The summed E-state index contributed by atoms with van der Waals surface area (Å²) in [5, 5.41) is 16.0. The van der Waals surface area contributed by atoms with E-state index in [0.29, 0.717) is 22.6 Å². The molecule has 0 saturated carbocycles. The summed E-state index contributed by atoms with van der Waals surface area (Å²) in [4.78, 5) is 24.1. The molecule has 0 radical (unpaired) electrons. The minimum Gasteiger partial charge on any atom is -0.481 e. The van der Waals surface area contributed by atoms with Crippen LogP contribution < -0.4 is 10.5 Å². The van der Waals surface area contributed by atoms with Crippen molar-refractivity contribution in [3.05, 3.63) is 51.2 Å². The van der Waals surface area contributed by atoms with Gasteiger partial charge in [0.2, 0.25) is 0 Å². The fourth-order valence-electron chi connectivity index (χ4n) is 1.95. The molecule has 0 saturated heterocycles. The van der Waals surface area contributed by atoms with E-state index in [-0.39, 0.29) is 12.3 Å². The molecule has 0 atom stereocenters. The van der Waals surface area contributed by atoms with Crippen molar-refractivity contribution < 1.29 is 19.4 Å². The van der Waals surface area contributed by atoms with Crippen molar-refractivity contribution in [1.82, 2.24) is 0 Å². The van der Waals surface area contributed by atoms with E-state index in [4.69, 9.17) is 21.0 Å². The Bertz CT molecular complexity index is 750. The molecule has 2 rings (SSSR count). The molecule has 0 aliphatic heterocycles. The molecule has 0 spiro atoms. The lowest BCUT2D eigenvalue weighted by atomic mass is 10.2. The summed E-state index contributed by atoms with van der Waals surface area (Å²) < 4.78 is 5.27. The molecule has 2 aromatic rings. The summed E-state index contributed by atoms with van der Waals surface area (Å²) in [6, 6.07) is 8.04. The summed E-state index contributed by atoms with van der Waals surface area (Å²) in [6.07, 6.45) is 0.425. The number of hydrogen-bond acceptors (Lipinski definition) is 5. The van der Waals surface area contributed by atoms with E-state index < -0.39 is 11.9 Å². The van der Waals surface area contributed by atoms with Gasteiger partial charge in [-0.25, -0.2) is 4.79 Å². The number of amidine groups is 1. The lowest BCUT2D eigenvalue weighted by molar-refractivity contribution is -0.136. The van der Waals surface area contributed by atoms with Gasteiger partial charge in [0, 0.05) is 10.4 Å². The first-order valence-electron chi connectivity index (χ1n) is 6.84. The van der Waals surface area contributed by atoms with Crippen molar-refractivity contribution in [3.63, 3.8) is 0 Å². The van der Waals surface area contributed by atoms with Gasteiger partial charge in [-0.2, -0.15) is 0 Å². The van der Waals surface area contributed by atoms with E-state index in [2.05, 4.69) is 0 Å². The second-order valence-electron chi connectivity index (χ2n) is 4.94. The third-order valence-corrected chi connectivity index (χ3v) is 4.44. The van der Waals surface area contributed by atoms with Crippen LogP contribution in [-0.2, 0) is 11.2 Å². The summed E-state index contributed by atoms with van der Waals surface area (Å²) in [5.41, 5.74) is 6.79. The zero-order valence-corrected chi connectivity index (χ0v) is 13.3. The molecule has 0 bridgehead atoms. The topological polar surface area (TPSA) is 113 Å². The minimum atomic E-state index is -0.868. The van der Waals surface area contributed by atoms with Crippen LogP contribution in [0.15, 0.2) is 30.3 Å². The number of esters is 1. The number of carboxylic acid groups (broad SMARTS) is 1. The largest absolute Gasteiger partial charge is 0.481 e. The van der Waals surface area contributed by atoms with E-state index in [9.17, 15) is 9.59 Å².